The number of nitrogens with two attached hydrogens (primary N) is 2. The zero-order chi connectivity index (χ0) is 26.3. The fourth-order valence-corrected chi connectivity index (χ4v) is 4.35. The summed E-state index contributed by atoms with van der Waals surface area (Å²) in [5.41, 5.74) is 6.37. The number of aromatic amines is 1. The number of H-pyrrole nitrogens is 1. The molecule has 1 heterocycles. The van der Waals surface area contributed by atoms with Crippen molar-refractivity contribution >= 4 is 22.6 Å². The number of rotatable bonds is 7. The number of alkyl halides is 3. The number of nitrogens with zero attached hydrogens (tertiary/aromatic N) is 1. The van der Waals surface area contributed by atoms with Gasteiger partial charge < -0.3 is 26.7 Å². The molecule has 11 heteroatoms. The van der Waals surface area contributed by atoms with Crippen molar-refractivity contribution in [2.24, 2.45) is 11.5 Å². The maximum Gasteiger partial charge on any atom is 0.417 e. The molecule has 0 fully saturated rings. The molecule has 0 bridgehead atoms. The summed E-state index contributed by atoms with van der Waals surface area (Å²) in [6.07, 6.45) is -6.97. The molecule has 1 atom stereocenters. The topological polar surface area (TPSA) is 180 Å². The van der Waals surface area contributed by atoms with Gasteiger partial charge in [0, 0.05) is 34.1 Å². The summed E-state index contributed by atoms with van der Waals surface area (Å²) in [5, 5.41) is 47.1. The smallest absolute Gasteiger partial charge is 0.417 e. The van der Waals surface area contributed by atoms with Gasteiger partial charge in [-0.25, -0.2) is 0 Å². The highest BCUT2D eigenvalue weighted by molar-refractivity contribution is 6.02. The molecule has 0 aliphatic heterocycles. The molecule has 184 valence electrons. The second-order valence-electron chi connectivity index (χ2n) is 9.15. The Morgan fingerprint density at radius 3 is 2.29 bits per heavy atom. The van der Waals surface area contributed by atoms with Gasteiger partial charge in [-0.05, 0) is 30.0 Å². The normalized spacial score (nSPS) is 13.9. The number of fused-ring (bicyclic) bond motifs is 1. The van der Waals surface area contributed by atoms with Crippen LogP contribution in [0.15, 0.2) is 36.4 Å². The van der Waals surface area contributed by atoms with Gasteiger partial charge in [-0.1, -0.05) is 32.0 Å². The summed E-state index contributed by atoms with van der Waals surface area (Å²) in [5.74, 6) is -1.54. The second-order valence-corrected chi connectivity index (χ2v) is 9.15. The number of hydrogen-bond donors (Lipinski definition) is 7. The second kappa shape index (κ2) is 8.63. The molecule has 0 radical (unpaired) electrons. The third kappa shape index (κ3) is 4.65. The standard InChI is InChI=1S/C24H25F3N6O2/c1-22(2,16-8-12(20(29)30)7-14(19(16)34)21(31)32)11-23(35,24(25,26)27)9-18-15(10-28)13-5-3-4-6-17(13)33-18/h3-8,33-35H,9,11H2,1-2H3,(H3,29,30)(H3,31,32). The predicted octanol–water partition coefficient (Wildman–Crippen LogP) is 3.52. The molecular formula is C24H25F3N6O2. The minimum absolute atomic E-state index is 0.00127. The van der Waals surface area contributed by atoms with Crippen LogP contribution in [0.4, 0.5) is 13.2 Å². The van der Waals surface area contributed by atoms with Crippen molar-refractivity contribution in [2.75, 3.05) is 0 Å². The molecule has 0 saturated heterocycles. The Morgan fingerprint density at radius 2 is 1.74 bits per heavy atom. The predicted molar refractivity (Wildman–Crippen MR) is 126 cm³/mol. The molecule has 35 heavy (non-hydrogen) atoms. The van der Waals surface area contributed by atoms with E-state index in [1.54, 1.807) is 24.3 Å². The molecule has 0 spiro atoms. The van der Waals surface area contributed by atoms with Crippen molar-refractivity contribution < 1.29 is 23.4 Å². The summed E-state index contributed by atoms with van der Waals surface area (Å²) in [6, 6.07) is 10.9. The third-order valence-electron chi connectivity index (χ3n) is 6.07. The molecule has 2 aromatic carbocycles. The molecule has 0 amide bonds. The maximum absolute atomic E-state index is 14.3. The highest BCUT2D eigenvalue weighted by Gasteiger charge is 2.56. The van der Waals surface area contributed by atoms with Gasteiger partial charge >= 0.3 is 6.18 Å². The van der Waals surface area contributed by atoms with E-state index >= 15 is 0 Å². The lowest BCUT2D eigenvalue weighted by Gasteiger charge is -2.38. The Morgan fingerprint density at radius 1 is 1.11 bits per heavy atom. The highest BCUT2D eigenvalue weighted by Crippen LogP contribution is 2.46. The number of aromatic hydroxyl groups is 1. The number of nitrogens with one attached hydrogen (secondary N) is 3. The lowest BCUT2D eigenvalue weighted by molar-refractivity contribution is -0.266. The van der Waals surface area contributed by atoms with Gasteiger partial charge in [0.25, 0.3) is 0 Å². The summed E-state index contributed by atoms with van der Waals surface area (Å²) < 4.78 is 43.0. The Bertz CT molecular complexity index is 1370. The maximum atomic E-state index is 14.3. The first-order chi connectivity index (χ1) is 16.1. The Labute approximate surface area is 199 Å². The van der Waals surface area contributed by atoms with E-state index in [0.717, 1.165) is 0 Å². The van der Waals surface area contributed by atoms with Gasteiger partial charge in [0.1, 0.15) is 23.5 Å². The van der Waals surface area contributed by atoms with Gasteiger partial charge in [0.15, 0.2) is 5.60 Å². The fraction of sp³-hybridized carbons (Fsp3) is 0.292. The van der Waals surface area contributed by atoms with E-state index < -0.39 is 47.5 Å². The van der Waals surface area contributed by atoms with Crippen molar-refractivity contribution in [3.05, 3.63) is 64.3 Å². The number of phenolic OH excluding ortho intramolecular Hbond substituents is 1. The number of amidine groups is 2. The molecule has 8 nitrogen and oxygen atoms in total. The lowest BCUT2D eigenvalue weighted by atomic mass is 9.72. The molecule has 0 aliphatic rings. The quantitative estimate of drug-likeness (QED) is 0.199. The van der Waals surface area contributed by atoms with E-state index in [9.17, 15) is 28.6 Å². The van der Waals surface area contributed by atoms with Gasteiger partial charge in [0.05, 0.1) is 11.1 Å². The number of aliphatic hydroxyl groups is 1. The van der Waals surface area contributed by atoms with Crippen LogP contribution >= 0.6 is 0 Å². The summed E-state index contributed by atoms with van der Waals surface area (Å²) >= 11 is 0. The molecular weight excluding hydrogens is 461 g/mol. The van der Waals surface area contributed by atoms with Crippen LogP contribution in [0, 0.1) is 22.1 Å². The van der Waals surface area contributed by atoms with Crippen LogP contribution in [0.2, 0.25) is 0 Å². The highest BCUT2D eigenvalue weighted by atomic mass is 19.4. The Hall–Kier alpha value is -4.04. The largest absolute Gasteiger partial charge is 0.507 e. The van der Waals surface area contributed by atoms with Crippen molar-refractivity contribution in [2.45, 2.75) is 43.9 Å². The summed E-state index contributed by atoms with van der Waals surface area (Å²) in [7, 11) is 0. The van der Waals surface area contributed by atoms with E-state index in [1.165, 1.54) is 26.0 Å². The first-order valence-electron chi connectivity index (χ1n) is 10.5. The number of benzene rings is 2. The van der Waals surface area contributed by atoms with Crippen LogP contribution in [0.5, 0.6) is 5.75 Å². The first-order valence-corrected chi connectivity index (χ1v) is 10.5. The van der Waals surface area contributed by atoms with Crippen molar-refractivity contribution in [1.29, 1.82) is 16.1 Å². The number of nitrogen functional groups attached to an aromatic ring is 2. The van der Waals surface area contributed by atoms with Gasteiger partial charge in [-0.3, -0.25) is 10.8 Å². The SMILES string of the molecule is CC(C)(CC(O)(Cc1[nH]c2ccccc2c1C#N)C(F)(F)F)c1cc(C(=N)N)cc(C(=N)N)c1O. The zero-order valence-corrected chi connectivity index (χ0v) is 19.0. The number of phenols is 1. The average molecular weight is 486 g/mol. The number of halogens is 3. The fourth-order valence-electron chi connectivity index (χ4n) is 4.35. The van der Waals surface area contributed by atoms with E-state index in [-0.39, 0.29) is 27.9 Å². The van der Waals surface area contributed by atoms with Crippen LogP contribution in [0.1, 0.15) is 48.2 Å². The monoisotopic (exact) mass is 486 g/mol. The Kier molecular flexibility index (Phi) is 6.31. The first kappa shape index (κ1) is 25.6. The van der Waals surface area contributed by atoms with E-state index in [4.69, 9.17) is 22.3 Å². The van der Waals surface area contributed by atoms with E-state index in [0.29, 0.717) is 10.9 Å². The summed E-state index contributed by atoms with van der Waals surface area (Å²) in [6.45, 7) is 2.76. The molecule has 1 unspecified atom stereocenters. The zero-order valence-electron chi connectivity index (χ0n) is 19.0. The minimum Gasteiger partial charge on any atom is -0.507 e. The van der Waals surface area contributed by atoms with Crippen LogP contribution in [0.3, 0.4) is 0 Å². The Balaban J connectivity index is 2.14. The molecule has 3 rings (SSSR count). The van der Waals surface area contributed by atoms with E-state index in [1.807, 2.05) is 6.07 Å². The van der Waals surface area contributed by atoms with Gasteiger partial charge in [0.2, 0.25) is 0 Å². The van der Waals surface area contributed by atoms with Crippen LogP contribution < -0.4 is 11.5 Å². The molecule has 0 saturated carbocycles. The van der Waals surface area contributed by atoms with Crippen LogP contribution in [-0.2, 0) is 11.8 Å². The van der Waals surface area contributed by atoms with Crippen molar-refractivity contribution in [3.8, 4) is 11.8 Å². The third-order valence-corrected chi connectivity index (χ3v) is 6.07. The van der Waals surface area contributed by atoms with Gasteiger partial charge in [-0.2, -0.15) is 18.4 Å². The van der Waals surface area contributed by atoms with Crippen LogP contribution in [0.25, 0.3) is 10.9 Å². The molecule has 1 aromatic heterocycles. The van der Waals surface area contributed by atoms with Crippen molar-refractivity contribution in [1.82, 2.24) is 4.98 Å². The number of nitriles is 1. The summed E-state index contributed by atoms with van der Waals surface area (Å²) in [4.78, 5) is 2.81. The molecule has 9 N–H and O–H groups in total. The molecule has 3 aromatic rings. The number of para-hydroxylation sites is 1. The van der Waals surface area contributed by atoms with Gasteiger partial charge in [-0.15, -0.1) is 0 Å². The van der Waals surface area contributed by atoms with Crippen LogP contribution in [-0.4, -0.2) is 38.6 Å². The number of hydrogen-bond acceptors (Lipinski definition) is 5. The number of aromatic nitrogens is 1. The minimum atomic E-state index is -5.11. The lowest BCUT2D eigenvalue weighted by Crippen LogP contribution is -2.51. The average Bonchev–Trinajstić information content (AvgIpc) is 3.08. The van der Waals surface area contributed by atoms with Crippen molar-refractivity contribution in [3.63, 3.8) is 0 Å². The van der Waals surface area contributed by atoms with E-state index in [2.05, 4.69) is 4.98 Å². The molecule has 0 aliphatic carbocycles.